The minimum atomic E-state index is -0.371. The lowest BCUT2D eigenvalue weighted by Crippen LogP contribution is -2.36. The van der Waals surface area contributed by atoms with Crippen molar-refractivity contribution in [2.24, 2.45) is 7.05 Å². The smallest absolute Gasteiger partial charge is 0.254 e. The molecule has 0 bridgehead atoms. The third-order valence-electron chi connectivity index (χ3n) is 5.16. The van der Waals surface area contributed by atoms with E-state index < -0.39 is 0 Å². The van der Waals surface area contributed by atoms with Crippen molar-refractivity contribution in [2.75, 3.05) is 6.54 Å². The molecule has 150 valence electrons. The van der Waals surface area contributed by atoms with Crippen LogP contribution < -0.4 is 0 Å². The average molecular weight is 397 g/mol. The molecule has 1 aromatic heterocycles. The van der Waals surface area contributed by atoms with E-state index in [0.717, 1.165) is 17.0 Å². The number of aromatic nitrogens is 2. The first kappa shape index (κ1) is 19.3. The fourth-order valence-corrected chi connectivity index (χ4v) is 3.61. The Morgan fingerprint density at radius 1 is 1.10 bits per heavy atom. The Morgan fingerprint density at radius 3 is 2.62 bits per heavy atom. The van der Waals surface area contributed by atoms with Crippen LogP contribution in [0.3, 0.4) is 0 Å². The van der Waals surface area contributed by atoms with Crippen molar-refractivity contribution in [3.8, 4) is 0 Å². The summed E-state index contributed by atoms with van der Waals surface area (Å²) in [5.74, 6) is -0.812. The van der Waals surface area contributed by atoms with E-state index in [9.17, 15) is 13.6 Å². The van der Waals surface area contributed by atoms with Gasteiger partial charge in [-0.3, -0.25) is 9.48 Å². The number of halogens is 2. The average Bonchev–Trinajstić information content (AvgIpc) is 3.04. The van der Waals surface area contributed by atoms with Crippen LogP contribution in [0, 0.1) is 11.6 Å². The van der Waals surface area contributed by atoms with Crippen LogP contribution in [-0.4, -0.2) is 27.1 Å². The molecule has 2 aromatic carbocycles. The highest BCUT2D eigenvalue weighted by atomic mass is 19.1. The highest BCUT2D eigenvalue weighted by molar-refractivity contribution is 5.94. The van der Waals surface area contributed by atoms with Gasteiger partial charge in [0.05, 0.1) is 18.9 Å². The second kappa shape index (κ2) is 8.13. The van der Waals surface area contributed by atoms with Gasteiger partial charge in [-0.1, -0.05) is 18.2 Å². The molecule has 29 heavy (non-hydrogen) atoms. The first-order chi connectivity index (χ1) is 14.0. The lowest BCUT2D eigenvalue weighted by molar-refractivity contribution is 0.0727. The van der Waals surface area contributed by atoms with Gasteiger partial charge in [-0.25, -0.2) is 8.78 Å². The molecule has 0 fully saturated rings. The monoisotopic (exact) mass is 397 g/mol. The van der Waals surface area contributed by atoms with Gasteiger partial charge < -0.3 is 9.64 Å². The van der Waals surface area contributed by atoms with Crippen LogP contribution in [0.15, 0.2) is 48.5 Å². The van der Waals surface area contributed by atoms with Crippen molar-refractivity contribution in [2.45, 2.75) is 26.2 Å². The number of benzene rings is 2. The van der Waals surface area contributed by atoms with Crippen LogP contribution in [0.4, 0.5) is 8.78 Å². The quantitative estimate of drug-likeness (QED) is 0.661. The zero-order chi connectivity index (χ0) is 20.4. The van der Waals surface area contributed by atoms with Gasteiger partial charge in [-0.15, -0.1) is 0 Å². The van der Waals surface area contributed by atoms with Crippen LogP contribution in [0.25, 0.3) is 0 Å². The van der Waals surface area contributed by atoms with E-state index in [-0.39, 0.29) is 30.8 Å². The molecular weight excluding hydrogens is 376 g/mol. The molecule has 3 aromatic rings. The summed E-state index contributed by atoms with van der Waals surface area (Å²) in [6.45, 7) is 1.36. The molecule has 0 radical (unpaired) electrons. The minimum Gasteiger partial charge on any atom is -0.370 e. The van der Waals surface area contributed by atoms with E-state index in [1.54, 1.807) is 23.1 Å². The van der Waals surface area contributed by atoms with Crippen molar-refractivity contribution in [1.82, 2.24) is 14.7 Å². The molecule has 0 aliphatic carbocycles. The van der Waals surface area contributed by atoms with Gasteiger partial charge in [0.1, 0.15) is 11.6 Å². The molecule has 0 spiro atoms. The Balaban J connectivity index is 1.46. The number of hydrogen-bond donors (Lipinski definition) is 0. The fraction of sp³-hybridized carbons (Fsp3) is 0.273. The zero-order valence-electron chi connectivity index (χ0n) is 16.1. The summed E-state index contributed by atoms with van der Waals surface area (Å²) in [4.78, 5) is 14.5. The molecule has 5 nitrogen and oxygen atoms in total. The number of ether oxygens (including phenoxy) is 1. The Morgan fingerprint density at radius 2 is 1.86 bits per heavy atom. The third kappa shape index (κ3) is 4.05. The van der Waals surface area contributed by atoms with Gasteiger partial charge in [0, 0.05) is 48.9 Å². The zero-order valence-corrected chi connectivity index (χ0v) is 16.1. The Hall–Kier alpha value is -3.06. The Labute approximate surface area is 167 Å². The number of hydrogen-bond acceptors (Lipinski definition) is 3. The number of aryl methyl sites for hydroxylation is 1. The maximum absolute atomic E-state index is 13.8. The molecule has 2 heterocycles. The van der Waals surface area contributed by atoms with Gasteiger partial charge in [0.15, 0.2) is 0 Å². The van der Waals surface area contributed by atoms with E-state index in [2.05, 4.69) is 5.10 Å². The summed E-state index contributed by atoms with van der Waals surface area (Å²) in [5.41, 5.74) is 3.72. The summed E-state index contributed by atoms with van der Waals surface area (Å²) in [7, 11) is 1.87. The number of fused-ring (bicyclic) bond motifs is 1. The highest BCUT2D eigenvalue weighted by Crippen LogP contribution is 2.24. The van der Waals surface area contributed by atoms with Crippen LogP contribution in [-0.2, 0) is 38.0 Å². The van der Waals surface area contributed by atoms with E-state index >= 15 is 0 Å². The molecule has 0 atom stereocenters. The molecular formula is C22H21F2N3O2. The molecule has 0 N–H and O–H groups in total. The molecule has 1 aliphatic heterocycles. The molecule has 0 unspecified atom stereocenters. The number of carbonyl (C=O) groups is 1. The largest absolute Gasteiger partial charge is 0.370 e. The first-order valence-electron chi connectivity index (χ1n) is 9.42. The van der Waals surface area contributed by atoms with Crippen LogP contribution in [0.5, 0.6) is 0 Å². The number of amides is 1. The molecule has 7 heteroatoms. The maximum atomic E-state index is 13.8. The predicted octanol–water partition coefficient (Wildman–Crippen LogP) is 3.61. The summed E-state index contributed by atoms with van der Waals surface area (Å²) in [6, 6.07) is 12.1. The minimum absolute atomic E-state index is 0.141. The SMILES string of the molecule is Cn1nc(COCc2ccccc2F)c2c1CCN(C(=O)c1ccc(F)cc1)C2. The third-order valence-corrected chi connectivity index (χ3v) is 5.16. The van der Waals surface area contributed by atoms with Crippen molar-refractivity contribution < 1.29 is 18.3 Å². The van der Waals surface area contributed by atoms with E-state index in [4.69, 9.17) is 4.74 Å². The summed E-state index contributed by atoms with van der Waals surface area (Å²) in [5, 5.41) is 4.53. The molecule has 4 rings (SSSR count). The van der Waals surface area contributed by atoms with E-state index in [1.165, 1.54) is 30.3 Å². The molecule has 0 saturated carbocycles. The predicted molar refractivity (Wildman–Crippen MR) is 103 cm³/mol. The van der Waals surface area contributed by atoms with E-state index in [1.807, 2.05) is 11.7 Å². The van der Waals surface area contributed by atoms with Crippen LogP contribution in [0.2, 0.25) is 0 Å². The van der Waals surface area contributed by atoms with Gasteiger partial charge in [0.2, 0.25) is 0 Å². The van der Waals surface area contributed by atoms with Crippen molar-refractivity contribution >= 4 is 5.91 Å². The summed E-state index contributed by atoms with van der Waals surface area (Å²) >= 11 is 0. The van der Waals surface area contributed by atoms with Gasteiger partial charge in [0.25, 0.3) is 5.91 Å². The molecule has 1 aliphatic rings. The summed E-state index contributed by atoms with van der Waals surface area (Å²) in [6.07, 6.45) is 0.680. The molecule has 0 saturated heterocycles. The van der Waals surface area contributed by atoms with Crippen molar-refractivity contribution in [3.63, 3.8) is 0 Å². The number of carbonyl (C=O) groups excluding carboxylic acids is 1. The number of nitrogens with zero attached hydrogens (tertiary/aromatic N) is 3. The second-order valence-corrected chi connectivity index (χ2v) is 7.06. The van der Waals surface area contributed by atoms with Crippen LogP contribution in [0.1, 0.15) is 32.9 Å². The van der Waals surface area contributed by atoms with Crippen LogP contribution >= 0.6 is 0 Å². The highest BCUT2D eigenvalue weighted by Gasteiger charge is 2.27. The van der Waals surface area contributed by atoms with Crippen molar-refractivity contribution in [1.29, 1.82) is 0 Å². The Kier molecular flexibility index (Phi) is 5.40. The standard InChI is InChI=1S/C22H21F2N3O2/c1-26-21-10-11-27(22(28)15-6-8-17(23)9-7-15)12-18(21)20(25-26)14-29-13-16-4-2-3-5-19(16)24/h2-9H,10-14H2,1H3. The lowest BCUT2D eigenvalue weighted by Gasteiger charge is -2.28. The Bertz CT molecular complexity index is 1030. The fourth-order valence-electron chi connectivity index (χ4n) is 3.61. The lowest BCUT2D eigenvalue weighted by atomic mass is 10.0. The first-order valence-corrected chi connectivity index (χ1v) is 9.42. The normalized spacial score (nSPS) is 13.4. The van der Waals surface area contributed by atoms with Gasteiger partial charge in [-0.2, -0.15) is 5.10 Å². The maximum Gasteiger partial charge on any atom is 0.254 e. The van der Waals surface area contributed by atoms with Gasteiger partial charge in [-0.05, 0) is 30.3 Å². The second-order valence-electron chi connectivity index (χ2n) is 7.06. The van der Waals surface area contributed by atoms with E-state index in [0.29, 0.717) is 30.6 Å². The number of rotatable bonds is 5. The molecule has 1 amide bonds. The topological polar surface area (TPSA) is 47.4 Å². The van der Waals surface area contributed by atoms with Crippen molar-refractivity contribution in [3.05, 3.63) is 88.2 Å². The summed E-state index contributed by atoms with van der Waals surface area (Å²) < 4.78 is 34.4. The van der Waals surface area contributed by atoms with Gasteiger partial charge >= 0.3 is 0 Å².